The molecule has 0 aliphatic rings. The summed E-state index contributed by atoms with van der Waals surface area (Å²) in [4.78, 5) is 27.9. The zero-order valence-electron chi connectivity index (χ0n) is 12.6. The quantitative estimate of drug-likeness (QED) is 0.810. The lowest BCUT2D eigenvalue weighted by molar-refractivity contribution is 0.0919. The average Bonchev–Trinajstić information content (AvgIpc) is 2.37. The molecule has 5 nitrogen and oxygen atoms in total. The first-order valence-corrected chi connectivity index (χ1v) is 6.90. The molecule has 110 valence electrons. The molecule has 0 aromatic carbocycles. The van der Waals surface area contributed by atoms with Crippen molar-refractivity contribution >= 4 is 11.8 Å². The van der Waals surface area contributed by atoms with Crippen LogP contribution < -0.4 is 10.6 Å². The molecule has 0 saturated heterocycles. The van der Waals surface area contributed by atoms with Crippen LogP contribution >= 0.6 is 0 Å². The average molecular weight is 277 g/mol. The molecule has 1 aromatic heterocycles. The van der Waals surface area contributed by atoms with Crippen LogP contribution in [0.25, 0.3) is 0 Å². The van der Waals surface area contributed by atoms with Gasteiger partial charge in [-0.2, -0.15) is 0 Å². The molecular formula is C15H23N3O2. The number of aromatic nitrogens is 1. The molecule has 20 heavy (non-hydrogen) atoms. The molecule has 0 fully saturated rings. The van der Waals surface area contributed by atoms with E-state index in [4.69, 9.17) is 0 Å². The Morgan fingerprint density at radius 1 is 1.25 bits per heavy atom. The van der Waals surface area contributed by atoms with Gasteiger partial charge in [0, 0.05) is 23.8 Å². The number of hydrogen-bond acceptors (Lipinski definition) is 3. The third-order valence-electron chi connectivity index (χ3n) is 2.56. The van der Waals surface area contributed by atoms with E-state index in [-0.39, 0.29) is 23.0 Å². The summed E-state index contributed by atoms with van der Waals surface area (Å²) in [5.74, 6) is -0.452. The maximum Gasteiger partial charge on any atom is 0.269 e. The summed E-state index contributed by atoms with van der Waals surface area (Å²) in [5.41, 5.74) is 0.391. The third kappa shape index (κ3) is 5.38. The highest BCUT2D eigenvalue weighted by molar-refractivity contribution is 5.98. The van der Waals surface area contributed by atoms with Crippen molar-refractivity contribution in [2.24, 2.45) is 0 Å². The van der Waals surface area contributed by atoms with E-state index in [9.17, 15) is 9.59 Å². The Kier molecular flexibility index (Phi) is 5.67. The lowest BCUT2D eigenvalue weighted by Crippen LogP contribution is -2.40. The number of carbonyl (C=O) groups excluding carboxylic acids is 2. The fourth-order valence-corrected chi connectivity index (χ4v) is 1.58. The minimum absolute atomic E-state index is 0.206. The first-order valence-electron chi connectivity index (χ1n) is 6.90. The van der Waals surface area contributed by atoms with Gasteiger partial charge in [-0.25, -0.2) is 0 Å². The van der Waals surface area contributed by atoms with Gasteiger partial charge >= 0.3 is 0 Å². The molecule has 1 heterocycles. The van der Waals surface area contributed by atoms with Gasteiger partial charge in [-0.05, 0) is 39.3 Å². The number of nitrogens with one attached hydrogen (secondary N) is 2. The molecule has 5 heteroatoms. The number of hydrogen-bond donors (Lipinski definition) is 2. The van der Waals surface area contributed by atoms with Crippen molar-refractivity contribution in [1.29, 1.82) is 0 Å². The van der Waals surface area contributed by atoms with Gasteiger partial charge in [0.25, 0.3) is 11.8 Å². The highest BCUT2D eigenvalue weighted by Crippen LogP contribution is 2.06. The summed E-state index contributed by atoms with van der Waals surface area (Å²) in [5, 5.41) is 5.64. The Hall–Kier alpha value is -1.91. The van der Waals surface area contributed by atoms with Crippen LogP contribution in [-0.4, -0.2) is 28.9 Å². The number of nitrogens with zero attached hydrogens (tertiary/aromatic N) is 1. The van der Waals surface area contributed by atoms with E-state index in [1.807, 2.05) is 20.8 Å². The van der Waals surface area contributed by atoms with Crippen molar-refractivity contribution in [3.63, 3.8) is 0 Å². The Bertz CT molecular complexity index is 478. The fourth-order valence-electron chi connectivity index (χ4n) is 1.58. The molecule has 0 unspecified atom stereocenters. The van der Waals surface area contributed by atoms with Crippen LogP contribution in [0, 0.1) is 0 Å². The van der Waals surface area contributed by atoms with Crippen LogP contribution in [0.3, 0.4) is 0 Å². The van der Waals surface area contributed by atoms with Gasteiger partial charge in [-0.1, -0.05) is 13.3 Å². The van der Waals surface area contributed by atoms with Crippen LogP contribution in [0.4, 0.5) is 0 Å². The zero-order chi connectivity index (χ0) is 15.2. The van der Waals surface area contributed by atoms with E-state index < -0.39 is 0 Å². The van der Waals surface area contributed by atoms with Crippen LogP contribution in [0.2, 0.25) is 0 Å². The Morgan fingerprint density at radius 2 is 1.95 bits per heavy atom. The molecule has 0 bridgehead atoms. The first kappa shape index (κ1) is 16.1. The fraction of sp³-hybridized carbons (Fsp3) is 0.533. The SMILES string of the molecule is CCCCNC(=O)c1cc(C(=O)NC(C)(C)C)ccn1. The van der Waals surface area contributed by atoms with Crippen molar-refractivity contribution in [2.45, 2.75) is 46.1 Å². The number of unbranched alkanes of at least 4 members (excludes halogenated alkanes) is 1. The van der Waals surface area contributed by atoms with Gasteiger partial charge < -0.3 is 10.6 Å². The smallest absolute Gasteiger partial charge is 0.269 e. The van der Waals surface area contributed by atoms with Crippen LogP contribution in [0.5, 0.6) is 0 Å². The van der Waals surface area contributed by atoms with Crippen LogP contribution in [-0.2, 0) is 0 Å². The van der Waals surface area contributed by atoms with Gasteiger partial charge in [0.1, 0.15) is 5.69 Å². The summed E-state index contributed by atoms with van der Waals surface area (Å²) in [6, 6.07) is 3.12. The second-order valence-electron chi connectivity index (χ2n) is 5.74. The zero-order valence-corrected chi connectivity index (χ0v) is 12.6. The lowest BCUT2D eigenvalue weighted by atomic mass is 10.1. The highest BCUT2D eigenvalue weighted by atomic mass is 16.2. The van der Waals surface area contributed by atoms with Crippen molar-refractivity contribution in [3.05, 3.63) is 29.6 Å². The van der Waals surface area contributed by atoms with E-state index in [0.717, 1.165) is 12.8 Å². The molecule has 0 aliphatic carbocycles. The summed E-state index contributed by atoms with van der Waals surface area (Å²) < 4.78 is 0. The van der Waals surface area contributed by atoms with Crippen molar-refractivity contribution in [2.75, 3.05) is 6.54 Å². The molecule has 0 atom stereocenters. The van der Waals surface area contributed by atoms with E-state index >= 15 is 0 Å². The molecular weight excluding hydrogens is 254 g/mol. The Labute approximate surface area is 120 Å². The van der Waals surface area contributed by atoms with Gasteiger partial charge in [0.15, 0.2) is 0 Å². The lowest BCUT2D eigenvalue weighted by Gasteiger charge is -2.20. The van der Waals surface area contributed by atoms with Gasteiger partial charge in [-0.3, -0.25) is 14.6 Å². The highest BCUT2D eigenvalue weighted by Gasteiger charge is 2.16. The number of pyridine rings is 1. The molecule has 0 aliphatic heterocycles. The van der Waals surface area contributed by atoms with Gasteiger partial charge in [-0.15, -0.1) is 0 Å². The molecule has 1 aromatic rings. The van der Waals surface area contributed by atoms with Crippen molar-refractivity contribution in [3.8, 4) is 0 Å². The predicted octanol–water partition coefficient (Wildman–Crippen LogP) is 2.14. The second-order valence-corrected chi connectivity index (χ2v) is 5.74. The van der Waals surface area contributed by atoms with E-state index in [1.165, 1.54) is 12.3 Å². The Morgan fingerprint density at radius 3 is 2.55 bits per heavy atom. The van der Waals surface area contributed by atoms with Crippen LogP contribution in [0.15, 0.2) is 18.3 Å². The molecule has 2 amide bonds. The van der Waals surface area contributed by atoms with E-state index in [2.05, 4.69) is 22.5 Å². The summed E-state index contributed by atoms with van der Waals surface area (Å²) in [6.07, 6.45) is 3.42. The number of carbonyl (C=O) groups is 2. The predicted molar refractivity (Wildman–Crippen MR) is 78.7 cm³/mol. The maximum atomic E-state index is 12.0. The van der Waals surface area contributed by atoms with Gasteiger partial charge in [0.05, 0.1) is 0 Å². The molecule has 0 radical (unpaired) electrons. The first-order chi connectivity index (χ1) is 9.33. The maximum absolute atomic E-state index is 12.0. The monoisotopic (exact) mass is 277 g/mol. The van der Waals surface area contributed by atoms with E-state index in [1.54, 1.807) is 6.07 Å². The standard InChI is InChI=1S/C15H23N3O2/c1-5-6-8-17-14(20)12-10-11(7-9-16-12)13(19)18-15(2,3)4/h7,9-10H,5-6,8H2,1-4H3,(H,17,20)(H,18,19). The van der Waals surface area contributed by atoms with E-state index in [0.29, 0.717) is 12.1 Å². The van der Waals surface area contributed by atoms with Crippen LogP contribution in [0.1, 0.15) is 61.4 Å². The summed E-state index contributed by atoms with van der Waals surface area (Å²) >= 11 is 0. The largest absolute Gasteiger partial charge is 0.351 e. The number of amides is 2. The normalized spacial score (nSPS) is 11.0. The molecule has 0 saturated carbocycles. The summed E-state index contributed by atoms with van der Waals surface area (Å²) in [6.45, 7) is 8.40. The number of rotatable bonds is 5. The minimum atomic E-state index is -0.316. The molecule has 0 spiro atoms. The second kappa shape index (κ2) is 7.03. The molecule has 2 N–H and O–H groups in total. The van der Waals surface area contributed by atoms with Crippen molar-refractivity contribution < 1.29 is 9.59 Å². The topological polar surface area (TPSA) is 71.1 Å². The Balaban J connectivity index is 2.75. The van der Waals surface area contributed by atoms with Crippen molar-refractivity contribution in [1.82, 2.24) is 15.6 Å². The molecule has 1 rings (SSSR count). The van der Waals surface area contributed by atoms with Gasteiger partial charge in [0.2, 0.25) is 0 Å². The summed E-state index contributed by atoms with van der Waals surface area (Å²) in [7, 11) is 0. The minimum Gasteiger partial charge on any atom is -0.351 e. The third-order valence-corrected chi connectivity index (χ3v) is 2.56.